The number of carboxylic acids is 1. The average Bonchev–Trinajstić information content (AvgIpc) is 2.81. The zero-order valence-electron chi connectivity index (χ0n) is 13.7. The van der Waals surface area contributed by atoms with Gasteiger partial charge in [0.1, 0.15) is 6.54 Å². The summed E-state index contributed by atoms with van der Waals surface area (Å²) in [6, 6.07) is 5.88. The summed E-state index contributed by atoms with van der Waals surface area (Å²) >= 11 is 0.728. The predicted octanol–water partition coefficient (Wildman–Crippen LogP) is 2.62. The summed E-state index contributed by atoms with van der Waals surface area (Å²) in [6.07, 6.45) is 1.48. The molecule has 0 aromatic heterocycles. The van der Waals surface area contributed by atoms with Crippen LogP contribution < -0.4 is 0 Å². The number of ether oxygens (including phenoxy) is 1. The highest BCUT2D eigenvalue weighted by Crippen LogP contribution is 2.32. The van der Waals surface area contributed by atoms with E-state index in [4.69, 9.17) is 9.84 Å². The van der Waals surface area contributed by atoms with Gasteiger partial charge in [0.25, 0.3) is 11.1 Å². The number of carboxylic acid groups (broad SMARTS) is 1. The third kappa shape index (κ3) is 4.93. The van der Waals surface area contributed by atoms with Crippen molar-refractivity contribution in [1.82, 2.24) is 4.90 Å². The molecular formula is C17H17NO6S. The Balaban J connectivity index is 2.06. The molecule has 1 aliphatic rings. The van der Waals surface area contributed by atoms with Gasteiger partial charge in [-0.3, -0.25) is 19.3 Å². The summed E-state index contributed by atoms with van der Waals surface area (Å²) in [7, 11) is 0. The van der Waals surface area contributed by atoms with Crippen LogP contribution in [0.25, 0.3) is 6.08 Å². The Labute approximate surface area is 148 Å². The molecular weight excluding hydrogens is 346 g/mol. The lowest BCUT2D eigenvalue weighted by atomic mass is 10.1. The number of hydrogen-bond acceptors (Lipinski definition) is 6. The Kier molecular flexibility index (Phi) is 5.97. The second kappa shape index (κ2) is 7.98. The van der Waals surface area contributed by atoms with Crippen LogP contribution in [-0.2, 0) is 14.3 Å². The molecule has 1 aliphatic heterocycles. The first-order valence-corrected chi connectivity index (χ1v) is 8.34. The highest BCUT2D eigenvalue weighted by Gasteiger charge is 2.36. The van der Waals surface area contributed by atoms with Gasteiger partial charge < -0.3 is 9.84 Å². The van der Waals surface area contributed by atoms with Gasteiger partial charge in [0.2, 0.25) is 0 Å². The Hall–Kier alpha value is -2.61. The first kappa shape index (κ1) is 18.7. The second-order valence-electron chi connectivity index (χ2n) is 5.77. The fourth-order valence-corrected chi connectivity index (χ4v) is 2.78. The molecule has 0 saturated carbocycles. The molecule has 1 heterocycles. The summed E-state index contributed by atoms with van der Waals surface area (Å²) in [6.45, 7) is 3.56. The van der Waals surface area contributed by atoms with Crippen LogP contribution in [0, 0.1) is 5.92 Å². The number of thioether (sulfide) groups is 1. The van der Waals surface area contributed by atoms with Crippen LogP contribution in [0.2, 0.25) is 0 Å². The minimum atomic E-state index is -1.05. The van der Waals surface area contributed by atoms with E-state index in [9.17, 15) is 19.2 Å². The van der Waals surface area contributed by atoms with Gasteiger partial charge in [-0.05, 0) is 41.5 Å². The normalized spacial score (nSPS) is 16.0. The lowest BCUT2D eigenvalue weighted by Crippen LogP contribution is -2.34. The van der Waals surface area contributed by atoms with Crippen molar-refractivity contribution >= 4 is 40.9 Å². The van der Waals surface area contributed by atoms with Crippen LogP contribution in [0.3, 0.4) is 0 Å². The summed E-state index contributed by atoms with van der Waals surface area (Å²) in [5.41, 5.74) is 0.705. The van der Waals surface area contributed by atoms with Crippen LogP contribution in [0.4, 0.5) is 4.79 Å². The van der Waals surface area contributed by atoms with Gasteiger partial charge in [0.15, 0.2) is 0 Å². The smallest absolute Gasteiger partial charge is 0.335 e. The molecule has 0 unspecified atom stereocenters. The molecule has 1 aromatic carbocycles. The molecule has 0 atom stereocenters. The quantitative estimate of drug-likeness (QED) is 0.612. The largest absolute Gasteiger partial charge is 0.478 e. The van der Waals surface area contributed by atoms with Crippen LogP contribution in [0.15, 0.2) is 29.2 Å². The maximum Gasteiger partial charge on any atom is 0.335 e. The van der Waals surface area contributed by atoms with E-state index in [2.05, 4.69) is 0 Å². The number of amides is 2. The van der Waals surface area contributed by atoms with E-state index >= 15 is 0 Å². The van der Waals surface area contributed by atoms with Crippen molar-refractivity contribution in [3.8, 4) is 0 Å². The van der Waals surface area contributed by atoms with Crippen LogP contribution >= 0.6 is 11.8 Å². The van der Waals surface area contributed by atoms with E-state index in [1.165, 1.54) is 30.3 Å². The fraction of sp³-hybridized carbons (Fsp3) is 0.294. The van der Waals surface area contributed by atoms with Crippen molar-refractivity contribution in [3.63, 3.8) is 0 Å². The Bertz CT molecular complexity index is 738. The van der Waals surface area contributed by atoms with Gasteiger partial charge in [0.05, 0.1) is 17.1 Å². The average molecular weight is 363 g/mol. The molecule has 1 N–H and O–H groups in total. The molecule has 7 nitrogen and oxygen atoms in total. The zero-order chi connectivity index (χ0) is 18.6. The Morgan fingerprint density at radius 1 is 1.24 bits per heavy atom. The Morgan fingerprint density at radius 2 is 1.88 bits per heavy atom. The topological polar surface area (TPSA) is 101 Å². The highest BCUT2D eigenvalue weighted by molar-refractivity contribution is 8.18. The molecule has 2 rings (SSSR count). The Morgan fingerprint density at radius 3 is 2.44 bits per heavy atom. The van der Waals surface area contributed by atoms with Crippen molar-refractivity contribution in [2.24, 2.45) is 5.92 Å². The number of imide groups is 1. The highest BCUT2D eigenvalue weighted by atomic mass is 32.2. The SMILES string of the molecule is CC(C)COC(=O)CN1C(=O)S/C(=C\c2ccc(C(=O)O)cc2)C1=O. The lowest BCUT2D eigenvalue weighted by molar-refractivity contribution is -0.147. The molecule has 1 aromatic rings. The van der Waals surface area contributed by atoms with E-state index in [0.717, 1.165) is 16.7 Å². The number of carbonyl (C=O) groups is 4. The molecule has 0 radical (unpaired) electrons. The van der Waals surface area contributed by atoms with E-state index < -0.39 is 29.6 Å². The van der Waals surface area contributed by atoms with Gasteiger partial charge in [-0.15, -0.1) is 0 Å². The van der Waals surface area contributed by atoms with E-state index in [0.29, 0.717) is 5.56 Å². The first-order valence-electron chi connectivity index (χ1n) is 7.52. The van der Waals surface area contributed by atoms with Gasteiger partial charge in [0, 0.05) is 0 Å². The minimum absolute atomic E-state index is 0.123. The lowest BCUT2D eigenvalue weighted by Gasteiger charge is -2.12. The van der Waals surface area contributed by atoms with Crippen molar-refractivity contribution in [3.05, 3.63) is 40.3 Å². The van der Waals surface area contributed by atoms with Gasteiger partial charge in [-0.1, -0.05) is 26.0 Å². The molecule has 8 heteroatoms. The monoisotopic (exact) mass is 363 g/mol. The molecule has 1 fully saturated rings. The second-order valence-corrected chi connectivity index (χ2v) is 6.77. The van der Waals surface area contributed by atoms with E-state index in [1.807, 2.05) is 13.8 Å². The van der Waals surface area contributed by atoms with Crippen molar-refractivity contribution in [2.45, 2.75) is 13.8 Å². The molecule has 132 valence electrons. The fourth-order valence-electron chi connectivity index (χ4n) is 1.94. The van der Waals surface area contributed by atoms with Crippen molar-refractivity contribution in [2.75, 3.05) is 13.2 Å². The first-order chi connectivity index (χ1) is 11.8. The van der Waals surface area contributed by atoms with Crippen LogP contribution in [0.5, 0.6) is 0 Å². The van der Waals surface area contributed by atoms with E-state index in [1.54, 1.807) is 0 Å². The van der Waals surface area contributed by atoms with Gasteiger partial charge in [-0.25, -0.2) is 4.79 Å². The minimum Gasteiger partial charge on any atom is -0.478 e. The number of hydrogen-bond donors (Lipinski definition) is 1. The summed E-state index contributed by atoms with van der Waals surface area (Å²) in [4.78, 5) is 47.8. The molecule has 25 heavy (non-hydrogen) atoms. The maximum absolute atomic E-state index is 12.3. The van der Waals surface area contributed by atoms with E-state index in [-0.39, 0.29) is 23.0 Å². The van der Waals surface area contributed by atoms with Crippen molar-refractivity contribution < 1.29 is 29.0 Å². The number of benzene rings is 1. The third-order valence-electron chi connectivity index (χ3n) is 3.19. The molecule has 0 spiro atoms. The van der Waals surface area contributed by atoms with Crippen LogP contribution in [-0.4, -0.2) is 46.2 Å². The summed E-state index contributed by atoms with van der Waals surface area (Å²) < 4.78 is 4.98. The van der Waals surface area contributed by atoms with Crippen LogP contribution in [0.1, 0.15) is 29.8 Å². The number of esters is 1. The molecule has 0 bridgehead atoms. The molecule has 0 aliphatic carbocycles. The zero-order valence-corrected chi connectivity index (χ0v) is 14.5. The summed E-state index contributed by atoms with van der Waals surface area (Å²) in [5.74, 6) is -2.10. The predicted molar refractivity (Wildman–Crippen MR) is 91.9 cm³/mol. The van der Waals surface area contributed by atoms with Crippen molar-refractivity contribution in [1.29, 1.82) is 0 Å². The van der Waals surface area contributed by atoms with Gasteiger partial charge >= 0.3 is 11.9 Å². The number of carbonyl (C=O) groups excluding carboxylic acids is 3. The standard InChI is InChI=1S/C17H17NO6S/c1-10(2)9-24-14(19)8-18-15(20)13(25-17(18)23)7-11-3-5-12(6-4-11)16(21)22/h3-7,10H,8-9H2,1-2H3,(H,21,22)/b13-7-. The number of aromatic carboxylic acids is 1. The van der Waals surface area contributed by atoms with Gasteiger partial charge in [-0.2, -0.15) is 0 Å². The third-order valence-corrected chi connectivity index (χ3v) is 4.10. The molecule has 1 saturated heterocycles. The molecule has 2 amide bonds. The number of nitrogens with zero attached hydrogens (tertiary/aromatic N) is 1. The maximum atomic E-state index is 12.3. The number of rotatable bonds is 6. The summed E-state index contributed by atoms with van der Waals surface area (Å²) in [5, 5.41) is 8.32.